The number of benzene rings is 1. The normalized spacial score (nSPS) is 18.5. The Morgan fingerprint density at radius 1 is 1.53 bits per heavy atom. The number of fused-ring (bicyclic) bond motifs is 1. The van der Waals surface area contributed by atoms with Gasteiger partial charge in [0.15, 0.2) is 0 Å². The average Bonchev–Trinajstić information content (AvgIpc) is 2.37. The Morgan fingerprint density at radius 3 is 3.18 bits per heavy atom. The van der Waals surface area contributed by atoms with Gasteiger partial charge in [0.1, 0.15) is 12.4 Å². The lowest BCUT2D eigenvalue weighted by atomic mass is 9.87. The molecule has 0 saturated carbocycles. The van der Waals surface area contributed by atoms with Gasteiger partial charge >= 0.3 is 0 Å². The Labute approximate surface area is 104 Å². The maximum Gasteiger partial charge on any atom is 0.123 e. The van der Waals surface area contributed by atoms with Crippen LogP contribution in [0.5, 0.6) is 5.75 Å². The van der Waals surface area contributed by atoms with Crippen LogP contribution in [0, 0.1) is 0 Å². The van der Waals surface area contributed by atoms with E-state index in [-0.39, 0.29) is 0 Å². The second-order valence-corrected chi connectivity index (χ2v) is 4.43. The Morgan fingerprint density at radius 2 is 2.41 bits per heavy atom. The predicted molar refractivity (Wildman–Crippen MR) is 71.5 cm³/mol. The molecule has 17 heavy (non-hydrogen) atoms. The highest BCUT2D eigenvalue weighted by atomic mass is 16.5. The van der Waals surface area contributed by atoms with Crippen LogP contribution in [-0.2, 0) is 6.42 Å². The number of hydrogen-bond donors (Lipinski definition) is 1. The highest BCUT2D eigenvalue weighted by Crippen LogP contribution is 2.35. The van der Waals surface area contributed by atoms with E-state index in [4.69, 9.17) is 4.74 Å². The average molecular weight is 231 g/mol. The third-order valence-electron chi connectivity index (χ3n) is 3.27. The molecule has 1 aromatic rings. The summed E-state index contributed by atoms with van der Waals surface area (Å²) in [4.78, 5) is 0. The first-order valence-electron chi connectivity index (χ1n) is 6.45. The van der Waals surface area contributed by atoms with Gasteiger partial charge in [0, 0.05) is 6.04 Å². The van der Waals surface area contributed by atoms with Crippen LogP contribution >= 0.6 is 0 Å². The van der Waals surface area contributed by atoms with E-state index >= 15 is 0 Å². The third kappa shape index (κ3) is 2.70. The van der Waals surface area contributed by atoms with Gasteiger partial charge in [0.25, 0.3) is 0 Å². The quantitative estimate of drug-likeness (QED) is 0.785. The molecular formula is C15H21NO. The highest BCUT2D eigenvalue weighted by Gasteiger charge is 2.21. The van der Waals surface area contributed by atoms with Crippen LogP contribution in [0.15, 0.2) is 30.9 Å². The maximum absolute atomic E-state index is 5.73. The third-order valence-corrected chi connectivity index (χ3v) is 3.27. The van der Waals surface area contributed by atoms with Crippen LogP contribution in [0.4, 0.5) is 0 Å². The number of nitrogens with one attached hydrogen (secondary N) is 1. The minimum Gasteiger partial charge on any atom is -0.489 e. The molecule has 2 heteroatoms. The fourth-order valence-corrected chi connectivity index (χ4v) is 2.56. The smallest absolute Gasteiger partial charge is 0.123 e. The summed E-state index contributed by atoms with van der Waals surface area (Å²) in [7, 11) is 0. The molecule has 1 aliphatic carbocycles. The van der Waals surface area contributed by atoms with Crippen molar-refractivity contribution >= 4 is 0 Å². The predicted octanol–water partition coefficient (Wildman–Crippen LogP) is 3.24. The SMILES string of the molecule is C=CCOc1cccc2c1CCCC2NCC. The van der Waals surface area contributed by atoms with Crippen molar-refractivity contribution in [3.05, 3.63) is 42.0 Å². The standard InChI is InChI=1S/C15H21NO/c1-3-11-17-15-10-6-7-12-13(15)8-5-9-14(12)16-4-2/h3,6-7,10,14,16H,1,4-5,8-9,11H2,2H3. The molecule has 0 fully saturated rings. The van der Waals surface area contributed by atoms with Crippen molar-refractivity contribution in [2.75, 3.05) is 13.2 Å². The summed E-state index contributed by atoms with van der Waals surface area (Å²) >= 11 is 0. The maximum atomic E-state index is 5.73. The van der Waals surface area contributed by atoms with Gasteiger partial charge in [-0.1, -0.05) is 31.7 Å². The molecular weight excluding hydrogens is 210 g/mol. The zero-order chi connectivity index (χ0) is 12.1. The van der Waals surface area contributed by atoms with Crippen molar-refractivity contribution in [2.45, 2.75) is 32.2 Å². The van der Waals surface area contributed by atoms with Gasteiger partial charge in [-0.2, -0.15) is 0 Å². The highest BCUT2D eigenvalue weighted by molar-refractivity contribution is 5.43. The van der Waals surface area contributed by atoms with Gasteiger partial charge < -0.3 is 10.1 Å². The van der Waals surface area contributed by atoms with Gasteiger partial charge in [-0.3, -0.25) is 0 Å². The first-order valence-corrected chi connectivity index (χ1v) is 6.45. The fourth-order valence-electron chi connectivity index (χ4n) is 2.56. The molecule has 0 aromatic heterocycles. The topological polar surface area (TPSA) is 21.3 Å². The zero-order valence-corrected chi connectivity index (χ0v) is 10.5. The number of rotatable bonds is 5. The van der Waals surface area contributed by atoms with Crippen LogP contribution in [-0.4, -0.2) is 13.2 Å². The second-order valence-electron chi connectivity index (χ2n) is 4.43. The Bertz CT molecular complexity index is 387. The Balaban J connectivity index is 2.26. The number of ether oxygens (including phenoxy) is 1. The number of hydrogen-bond acceptors (Lipinski definition) is 2. The van der Waals surface area contributed by atoms with E-state index in [2.05, 4.69) is 37.0 Å². The molecule has 1 aliphatic rings. The minimum atomic E-state index is 0.496. The van der Waals surface area contributed by atoms with Crippen LogP contribution in [0.3, 0.4) is 0 Å². The van der Waals surface area contributed by atoms with Gasteiger partial charge in [0.2, 0.25) is 0 Å². The summed E-state index contributed by atoms with van der Waals surface area (Å²) in [6, 6.07) is 6.88. The van der Waals surface area contributed by atoms with Crippen molar-refractivity contribution in [1.29, 1.82) is 0 Å². The summed E-state index contributed by atoms with van der Waals surface area (Å²) in [5.41, 5.74) is 2.80. The van der Waals surface area contributed by atoms with E-state index in [0.717, 1.165) is 18.7 Å². The zero-order valence-electron chi connectivity index (χ0n) is 10.5. The molecule has 0 aliphatic heterocycles. The van der Waals surface area contributed by atoms with Gasteiger partial charge in [0.05, 0.1) is 0 Å². The van der Waals surface area contributed by atoms with Crippen molar-refractivity contribution in [1.82, 2.24) is 5.32 Å². The molecule has 0 spiro atoms. The summed E-state index contributed by atoms with van der Waals surface area (Å²) in [6.07, 6.45) is 5.39. The molecule has 0 amide bonds. The molecule has 0 radical (unpaired) electrons. The van der Waals surface area contributed by atoms with Crippen LogP contribution in [0.2, 0.25) is 0 Å². The monoisotopic (exact) mass is 231 g/mol. The van der Waals surface area contributed by atoms with E-state index in [1.807, 2.05) is 0 Å². The van der Waals surface area contributed by atoms with Crippen molar-refractivity contribution in [2.24, 2.45) is 0 Å². The molecule has 0 heterocycles. The molecule has 1 N–H and O–H groups in total. The fraction of sp³-hybridized carbons (Fsp3) is 0.467. The van der Waals surface area contributed by atoms with E-state index < -0.39 is 0 Å². The summed E-state index contributed by atoms with van der Waals surface area (Å²) in [6.45, 7) is 7.46. The lowest BCUT2D eigenvalue weighted by Crippen LogP contribution is -2.25. The van der Waals surface area contributed by atoms with E-state index in [9.17, 15) is 0 Å². The van der Waals surface area contributed by atoms with Crippen molar-refractivity contribution in [3.8, 4) is 5.75 Å². The second kappa shape index (κ2) is 5.87. The Kier molecular flexibility index (Phi) is 4.21. The molecule has 92 valence electrons. The first-order chi connectivity index (χ1) is 8.36. The molecule has 0 bridgehead atoms. The molecule has 1 aromatic carbocycles. The van der Waals surface area contributed by atoms with E-state index in [1.54, 1.807) is 6.08 Å². The van der Waals surface area contributed by atoms with Gasteiger partial charge in [-0.05, 0) is 43.0 Å². The van der Waals surface area contributed by atoms with Crippen molar-refractivity contribution in [3.63, 3.8) is 0 Å². The summed E-state index contributed by atoms with van der Waals surface area (Å²) < 4.78 is 5.73. The van der Waals surface area contributed by atoms with Crippen LogP contribution in [0.1, 0.15) is 36.9 Å². The van der Waals surface area contributed by atoms with Gasteiger partial charge in [-0.15, -0.1) is 0 Å². The lowest BCUT2D eigenvalue weighted by molar-refractivity contribution is 0.353. The largest absolute Gasteiger partial charge is 0.489 e. The lowest BCUT2D eigenvalue weighted by Gasteiger charge is -2.27. The van der Waals surface area contributed by atoms with Gasteiger partial charge in [-0.25, -0.2) is 0 Å². The van der Waals surface area contributed by atoms with E-state index in [1.165, 1.54) is 24.0 Å². The first kappa shape index (κ1) is 12.2. The molecule has 1 unspecified atom stereocenters. The summed E-state index contributed by atoms with van der Waals surface area (Å²) in [5, 5.41) is 3.55. The Hall–Kier alpha value is -1.28. The van der Waals surface area contributed by atoms with Crippen molar-refractivity contribution < 1.29 is 4.74 Å². The van der Waals surface area contributed by atoms with Crippen LogP contribution in [0.25, 0.3) is 0 Å². The van der Waals surface area contributed by atoms with Crippen LogP contribution < -0.4 is 10.1 Å². The molecule has 0 saturated heterocycles. The molecule has 1 atom stereocenters. The molecule has 2 rings (SSSR count). The summed E-state index contributed by atoms with van der Waals surface area (Å²) in [5.74, 6) is 1.03. The van der Waals surface area contributed by atoms with E-state index in [0.29, 0.717) is 12.6 Å². The molecule has 2 nitrogen and oxygen atoms in total. The minimum absolute atomic E-state index is 0.496.